The number of hydrogen-bond acceptors (Lipinski definition) is 2. The Balaban J connectivity index is 2.20. The SMILES string of the molecule is CC(N)Cc1ccc(Oc2ccccc2Cl)c(Br)c1. The van der Waals surface area contributed by atoms with Crippen molar-refractivity contribution in [3.63, 3.8) is 0 Å². The van der Waals surface area contributed by atoms with E-state index in [-0.39, 0.29) is 6.04 Å². The molecular formula is C15H15BrClNO. The Morgan fingerprint density at radius 2 is 1.95 bits per heavy atom. The minimum atomic E-state index is 0.141. The molecule has 0 heterocycles. The van der Waals surface area contributed by atoms with E-state index in [2.05, 4.69) is 15.9 Å². The quantitative estimate of drug-likeness (QED) is 0.869. The first-order valence-corrected chi connectivity index (χ1v) is 7.20. The van der Waals surface area contributed by atoms with Crippen molar-refractivity contribution >= 4 is 27.5 Å². The predicted octanol–water partition coefficient (Wildman–Crippen LogP) is 4.78. The highest BCUT2D eigenvalue weighted by molar-refractivity contribution is 9.10. The van der Waals surface area contributed by atoms with Gasteiger partial charge in [-0.2, -0.15) is 0 Å². The average molecular weight is 341 g/mol. The number of ether oxygens (including phenoxy) is 1. The summed E-state index contributed by atoms with van der Waals surface area (Å²) < 4.78 is 6.68. The molecule has 2 nitrogen and oxygen atoms in total. The summed E-state index contributed by atoms with van der Waals surface area (Å²) in [6.45, 7) is 1.99. The van der Waals surface area contributed by atoms with Gasteiger partial charge < -0.3 is 10.5 Å². The van der Waals surface area contributed by atoms with E-state index in [1.807, 2.05) is 43.3 Å². The molecule has 1 unspecified atom stereocenters. The zero-order valence-electron chi connectivity index (χ0n) is 10.6. The van der Waals surface area contributed by atoms with Crippen molar-refractivity contribution in [1.82, 2.24) is 0 Å². The smallest absolute Gasteiger partial charge is 0.146 e. The van der Waals surface area contributed by atoms with Crippen LogP contribution in [0.4, 0.5) is 0 Å². The molecular weight excluding hydrogens is 326 g/mol. The van der Waals surface area contributed by atoms with Crippen LogP contribution in [0.2, 0.25) is 5.02 Å². The van der Waals surface area contributed by atoms with Crippen molar-refractivity contribution < 1.29 is 4.74 Å². The van der Waals surface area contributed by atoms with Crippen molar-refractivity contribution in [2.45, 2.75) is 19.4 Å². The Kier molecular flexibility index (Phi) is 4.86. The molecule has 0 amide bonds. The number of para-hydroxylation sites is 1. The average Bonchev–Trinajstić information content (AvgIpc) is 2.34. The van der Waals surface area contributed by atoms with E-state index in [9.17, 15) is 0 Å². The molecule has 0 radical (unpaired) electrons. The summed E-state index contributed by atoms with van der Waals surface area (Å²) >= 11 is 9.58. The van der Waals surface area contributed by atoms with Gasteiger partial charge >= 0.3 is 0 Å². The van der Waals surface area contributed by atoms with Gasteiger partial charge in [0.25, 0.3) is 0 Å². The summed E-state index contributed by atoms with van der Waals surface area (Å²) in [7, 11) is 0. The summed E-state index contributed by atoms with van der Waals surface area (Å²) in [6, 6.07) is 13.5. The molecule has 0 aliphatic carbocycles. The summed E-state index contributed by atoms with van der Waals surface area (Å²) in [4.78, 5) is 0. The monoisotopic (exact) mass is 339 g/mol. The number of hydrogen-bond donors (Lipinski definition) is 1. The maximum Gasteiger partial charge on any atom is 0.146 e. The van der Waals surface area contributed by atoms with Crippen molar-refractivity contribution in [1.29, 1.82) is 0 Å². The number of benzene rings is 2. The third-order valence-corrected chi connectivity index (χ3v) is 3.54. The standard InChI is InChI=1S/C15H15BrClNO/c1-10(18)8-11-6-7-14(12(16)9-11)19-15-5-3-2-4-13(15)17/h2-7,9-10H,8,18H2,1H3. The molecule has 0 fully saturated rings. The summed E-state index contributed by atoms with van der Waals surface area (Å²) in [6.07, 6.45) is 0.838. The van der Waals surface area contributed by atoms with Crippen LogP contribution in [-0.4, -0.2) is 6.04 Å². The summed E-state index contributed by atoms with van der Waals surface area (Å²) in [5.41, 5.74) is 6.97. The van der Waals surface area contributed by atoms with Crippen LogP contribution in [-0.2, 0) is 6.42 Å². The van der Waals surface area contributed by atoms with Crippen LogP contribution in [0.25, 0.3) is 0 Å². The largest absolute Gasteiger partial charge is 0.455 e. The first-order chi connectivity index (χ1) is 9.06. The van der Waals surface area contributed by atoms with Gasteiger partial charge in [0, 0.05) is 6.04 Å². The second-order valence-corrected chi connectivity index (χ2v) is 5.74. The van der Waals surface area contributed by atoms with Gasteiger partial charge in [-0.3, -0.25) is 0 Å². The van der Waals surface area contributed by atoms with Crippen molar-refractivity contribution in [2.24, 2.45) is 5.73 Å². The van der Waals surface area contributed by atoms with Gasteiger partial charge in [-0.15, -0.1) is 0 Å². The highest BCUT2D eigenvalue weighted by Gasteiger charge is 2.07. The normalized spacial score (nSPS) is 12.2. The number of nitrogens with two attached hydrogens (primary N) is 1. The van der Waals surface area contributed by atoms with Crippen molar-refractivity contribution in [3.8, 4) is 11.5 Å². The van der Waals surface area contributed by atoms with Gasteiger partial charge in [0.2, 0.25) is 0 Å². The van der Waals surface area contributed by atoms with Crippen LogP contribution in [0.5, 0.6) is 11.5 Å². The molecule has 100 valence electrons. The molecule has 19 heavy (non-hydrogen) atoms. The van der Waals surface area contributed by atoms with Crippen LogP contribution in [0.15, 0.2) is 46.9 Å². The molecule has 2 rings (SSSR count). The first-order valence-electron chi connectivity index (χ1n) is 6.02. The van der Waals surface area contributed by atoms with Crippen LogP contribution >= 0.6 is 27.5 Å². The predicted molar refractivity (Wildman–Crippen MR) is 83.0 cm³/mol. The number of halogens is 2. The molecule has 2 N–H and O–H groups in total. The molecule has 0 aromatic heterocycles. The topological polar surface area (TPSA) is 35.2 Å². The van der Waals surface area contributed by atoms with Crippen LogP contribution in [0.3, 0.4) is 0 Å². The lowest BCUT2D eigenvalue weighted by Gasteiger charge is -2.11. The molecule has 0 spiro atoms. The molecule has 0 aliphatic rings. The highest BCUT2D eigenvalue weighted by Crippen LogP contribution is 2.34. The molecule has 2 aromatic rings. The van der Waals surface area contributed by atoms with Crippen molar-refractivity contribution in [2.75, 3.05) is 0 Å². The summed E-state index contributed by atoms with van der Waals surface area (Å²) in [5.74, 6) is 1.38. The molecule has 4 heteroatoms. The van der Waals surface area contributed by atoms with Gasteiger partial charge in [0.1, 0.15) is 11.5 Å². The van der Waals surface area contributed by atoms with E-state index in [1.54, 1.807) is 6.07 Å². The van der Waals surface area contributed by atoms with Gasteiger partial charge in [0.15, 0.2) is 0 Å². The van der Waals surface area contributed by atoms with E-state index in [0.717, 1.165) is 16.6 Å². The van der Waals surface area contributed by atoms with E-state index in [4.69, 9.17) is 22.1 Å². The molecule has 0 saturated carbocycles. The third-order valence-electron chi connectivity index (χ3n) is 2.61. The second kappa shape index (κ2) is 6.42. The molecule has 0 saturated heterocycles. The maximum absolute atomic E-state index is 6.07. The Morgan fingerprint density at radius 3 is 2.58 bits per heavy atom. The first kappa shape index (κ1) is 14.4. The zero-order chi connectivity index (χ0) is 13.8. The lowest BCUT2D eigenvalue weighted by atomic mass is 10.1. The van der Waals surface area contributed by atoms with Gasteiger partial charge in [-0.25, -0.2) is 0 Å². The Hall–Kier alpha value is -1.03. The third kappa shape index (κ3) is 3.96. The fourth-order valence-corrected chi connectivity index (χ4v) is 2.45. The lowest BCUT2D eigenvalue weighted by molar-refractivity contribution is 0.479. The number of rotatable bonds is 4. The Bertz CT molecular complexity index is 572. The van der Waals surface area contributed by atoms with E-state index < -0.39 is 0 Å². The molecule has 1 atom stereocenters. The Labute approximate surface area is 126 Å². The minimum absolute atomic E-state index is 0.141. The van der Waals surface area contributed by atoms with E-state index in [1.165, 1.54) is 5.56 Å². The molecule has 2 aromatic carbocycles. The molecule has 0 aliphatic heterocycles. The van der Waals surface area contributed by atoms with Crippen LogP contribution in [0.1, 0.15) is 12.5 Å². The zero-order valence-corrected chi connectivity index (χ0v) is 12.9. The van der Waals surface area contributed by atoms with Gasteiger partial charge in [-0.05, 0) is 59.1 Å². The van der Waals surface area contributed by atoms with Crippen LogP contribution < -0.4 is 10.5 Å². The fourth-order valence-electron chi connectivity index (χ4n) is 1.77. The second-order valence-electron chi connectivity index (χ2n) is 4.48. The lowest BCUT2D eigenvalue weighted by Crippen LogP contribution is -2.17. The molecule has 0 bridgehead atoms. The highest BCUT2D eigenvalue weighted by atomic mass is 79.9. The summed E-state index contributed by atoms with van der Waals surface area (Å²) in [5, 5.41) is 0.592. The van der Waals surface area contributed by atoms with Gasteiger partial charge in [0.05, 0.1) is 9.50 Å². The minimum Gasteiger partial charge on any atom is -0.455 e. The Morgan fingerprint density at radius 1 is 1.21 bits per heavy atom. The fraction of sp³-hybridized carbons (Fsp3) is 0.200. The van der Waals surface area contributed by atoms with Gasteiger partial charge in [-0.1, -0.05) is 29.8 Å². The van der Waals surface area contributed by atoms with E-state index in [0.29, 0.717) is 10.8 Å². The van der Waals surface area contributed by atoms with Crippen LogP contribution in [0, 0.1) is 0 Å². The van der Waals surface area contributed by atoms with E-state index >= 15 is 0 Å². The maximum atomic E-state index is 6.07. The van der Waals surface area contributed by atoms with Crippen molar-refractivity contribution in [3.05, 3.63) is 57.5 Å².